The lowest BCUT2D eigenvalue weighted by atomic mass is 10.1. The summed E-state index contributed by atoms with van der Waals surface area (Å²) in [6.45, 7) is 7.42. The van der Waals surface area contributed by atoms with Gasteiger partial charge in [0.2, 0.25) is 11.8 Å². The van der Waals surface area contributed by atoms with Crippen molar-refractivity contribution < 1.29 is 18.0 Å². The minimum absolute atomic E-state index is 0.0560. The summed E-state index contributed by atoms with van der Waals surface area (Å²) >= 11 is 3.41. The molecule has 0 heterocycles. The number of benzene rings is 3. The third kappa shape index (κ3) is 7.92. The molecule has 0 fully saturated rings. The molecule has 3 aromatic carbocycles. The van der Waals surface area contributed by atoms with Crippen LogP contribution in [-0.4, -0.2) is 43.8 Å². The Hall–Kier alpha value is -3.17. The number of aryl methyl sites for hydroxylation is 1. The van der Waals surface area contributed by atoms with Gasteiger partial charge >= 0.3 is 0 Å². The Labute approximate surface area is 240 Å². The van der Waals surface area contributed by atoms with Crippen LogP contribution in [0.1, 0.15) is 44.7 Å². The van der Waals surface area contributed by atoms with Crippen LogP contribution in [0.25, 0.3) is 0 Å². The number of nitrogens with one attached hydrogen (secondary N) is 1. The second kappa shape index (κ2) is 13.8. The Morgan fingerprint density at radius 1 is 0.923 bits per heavy atom. The molecule has 39 heavy (non-hydrogen) atoms. The maximum absolute atomic E-state index is 14.0. The van der Waals surface area contributed by atoms with Gasteiger partial charge in [0.05, 0.1) is 10.6 Å². The zero-order chi connectivity index (χ0) is 28.6. The van der Waals surface area contributed by atoms with E-state index < -0.39 is 28.5 Å². The summed E-state index contributed by atoms with van der Waals surface area (Å²) in [7, 11) is -4.09. The molecule has 2 atom stereocenters. The van der Waals surface area contributed by atoms with Gasteiger partial charge in [-0.3, -0.25) is 13.9 Å². The fraction of sp³-hybridized carbons (Fsp3) is 0.333. The van der Waals surface area contributed by atoms with Crippen LogP contribution in [0.3, 0.4) is 0 Å². The monoisotopic (exact) mass is 613 g/mol. The molecular formula is C30H36BrN3O4S. The number of carbonyl (C=O) groups excluding carboxylic acids is 2. The molecule has 208 valence electrons. The molecule has 0 saturated carbocycles. The highest BCUT2D eigenvalue weighted by Crippen LogP contribution is 2.27. The molecule has 0 aliphatic carbocycles. The number of hydrogen-bond acceptors (Lipinski definition) is 4. The number of halogens is 1. The van der Waals surface area contributed by atoms with Gasteiger partial charge in [0.25, 0.3) is 10.0 Å². The predicted octanol–water partition coefficient (Wildman–Crippen LogP) is 5.67. The number of carbonyl (C=O) groups is 2. The van der Waals surface area contributed by atoms with Crippen molar-refractivity contribution in [2.24, 2.45) is 0 Å². The Morgan fingerprint density at radius 3 is 2.18 bits per heavy atom. The van der Waals surface area contributed by atoms with Crippen molar-refractivity contribution in [3.63, 3.8) is 0 Å². The first-order chi connectivity index (χ1) is 18.6. The molecule has 7 nitrogen and oxygen atoms in total. The van der Waals surface area contributed by atoms with Gasteiger partial charge in [-0.05, 0) is 62.6 Å². The van der Waals surface area contributed by atoms with E-state index in [1.165, 1.54) is 17.0 Å². The van der Waals surface area contributed by atoms with Crippen LogP contribution in [0.5, 0.6) is 0 Å². The van der Waals surface area contributed by atoms with E-state index in [2.05, 4.69) is 21.2 Å². The minimum atomic E-state index is -4.09. The molecule has 0 aromatic heterocycles. The topological polar surface area (TPSA) is 86.8 Å². The number of nitrogens with zero attached hydrogens (tertiary/aromatic N) is 2. The summed E-state index contributed by atoms with van der Waals surface area (Å²) in [6, 6.07) is 21.8. The van der Waals surface area contributed by atoms with Gasteiger partial charge in [0, 0.05) is 17.1 Å². The lowest BCUT2D eigenvalue weighted by Crippen LogP contribution is -2.53. The molecule has 3 rings (SSSR count). The van der Waals surface area contributed by atoms with Crippen molar-refractivity contribution in [1.82, 2.24) is 10.2 Å². The molecule has 0 aliphatic rings. The number of anilines is 1. The Bertz CT molecular complexity index is 1360. The largest absolute Gasteiger partial charge is 0.352 e. The van der Waals surface area contributed by atoms with Crippen LogP contribution in [0.15, 0.2) is 88.2 Å². The number of rotatable bonds is 12. The van der Waals surface area contributed by atoms with Crippen molar-refractivity contribution in [2.75, 3.05) is 10.8 Å². The first-order valence-corrected chi connectivity index (χ1v) is 15.3. The van der Waals surface area contributed by atoms with Crippen LogP contribution >= 0.6 is 15.9 Å². The molecule has 2 unspecified atom stereocenters. The van der Waals surface area contributed by atoms with Crippen LogP contribution in [0, 0.1) is 6.92 Å². The highest BCUT2D eigenvalue weighted by atomic mass is 79.9. The van der Waals surface area contributed by atoms with Crippen molar-refractivity contribution in [3.05, 3.63) is 94.5 Å². The van der Waals surface area contributed by atoms with Crippen molar-refractivity contribution in [3.8, 4) is 0 Å². The highest BCUT2D eigenvalue weighted by Gasteiger charge is 2.34. The Kier molecular flexibility index (Phi) is 10.7. The van der Waals surface area contributed by atoms with Crippen LogP contribution < -0.4 is 9.62 Å². The smallest absolute Gasteiger partial charge is 0.264 e. The SMILES string of the molecule is CCC(C)NC(=O)C(CC)N(Cc1ccc(C)cc1)C(=O)CN(c1cccc(Br)c1)S(=O)(=O)c1ccccc1. The zero-order valence-corrected chi connectivity index (χ0v) is 25.2. The number of amides is 2. The summed E-state index contributed by atoms with van der Waals surface area (Å²) in [5.41, 5.74) is 2.27. The van der Waals surface area contributed by atoms with E-state index in [0.29, 0.717) is 16.6 Å². The molecule has 9 heteroatoms. The average Bonchev–Trinajstić information content (AvgIpc) is 2.92. The van der Waals surface area contributed by atoms with E-state index >= 15 is 0 Å². The summed E-state index contributed by atoms with van der Waals surface area (Å²) in [4.78, 5) is 28.9. The molecule has 2 amide bonds. The van der Waals surface area contributed by atoms with Crippen molar-refractivity contribution >= 4 is 43.5 Å². The predicted molar refractivity (Wildman–Crippen MR) is 159 cm³/mol. The average molecular weight is 615 g/mol. The molecule has 1 N–H and O–H groups in total. The van der Waals surface area contributed by atoms with Gasteiger partial charge in [0.1, 0.15) is 12.6 Å². The first-order valence-electron chi connectivity index (χ1n) is 13.1. The van der Waals surface area contributed by atoms with Gasteiger partial charge in [-0.1, -0.05) is 83.9 Å². The Morgan fingerprint density at radius 2 is 1.59 bits per heavy atom. The lowest BCUT2D eigenvalue weighted by Gasteiger charge is -2.33. The molecule has 0 aliphatic heterocycles. The molecule has 0 bridgehead atoms. The van der Waals surface area contributed by atoms with E-state index in [9.17, 15) is 18.0 Å². The van der Waals surface area contributed by atoms with Gasteiger partial charge in [0.15, 0.2) is 0 Å². The summed E-state index contributed by atoms with van der Waals surface area (Å²) in [5.74, 6) is -0.728. The van der Waals surface area contributed by atoms with Crippen molar-refractivity contribution in [2.45, 2.75) is 64.1 Å². The second-order valence-corrected chi connectivity index (χ2v) is 12.3. The first kappa shape index (κ1) is 30.4. The standard InChI is InChI=1S/C30H36BrN3O4S/c1-5-23(4)32-30(36)28(6-2)33(20-24-17-15-22(3)16-18-24)29(35)21-34(26-12-10-11-25(31)19-26)39(37,38)27-13-8-7-9-14-27/h7-19,23,28H,5-6,20-21H2,1-4H3,(H,32,36). The molecule has 0 radical (unpaired) electrons. The second-order valence-electron chi connectivity index (χ2n) is 9.55. The fourth-order valence-electron chi connectivity index (χ4n) is 4.13. The van der Waals surface area contributed by atoms with Crippen LogP contribution in [0.4, 0.5) is 5.69 Å². The summed E-state index contributed by atoms with van der Waals surface area (Å²) in [6.07, 6.45) is 1.13. The van der Waals surface area contributed by atoms with Gasteiger partial charge in [-0.25, -0.2) is 8.42 Å². The van der Waals surface area contributed by atoms with E-state index in [-0.39, 0.29) is 23.4 Å². The normalized spacial score (nSPS) is 12.8. The lowest BCUT2D eigenvalue weighted by molar-refractivity contribution is -0.140. The maximum Gasteiger partial charge on any atom is 0.264 e. The summed E-state index contributed by atoms with van der Waals surface area (Å²) in [5, 5.41) is 2.99. The van der Waals surface area contributed by atoms with Gasteiger partial charge < -0.3 is 10.2 Å². The molecular weight excluding hydrogens is 578 g/mol. The van der Waals surface area contributed by atoms with E-state index in [1.807, 2.05) is 52.0 Å². The molecule has 0 spiro atoms. The van der Waals surface area contributed by atoms with E-state index in [4.69, 9.17) is 0 Å². The van der Waals surface area contributed by atoms with E-state index in [0.717, 1.165) is 21.9 Å². The molecule has 0 saturated heterocycles. The van der Waals surface area contributed by atoms with E-state index in [1.54, 1.807) is 42.5 Å². The quantitative estimate of drug-likeness (QED) is 0.285. The van der Waals surface area contributed by atoms with Crippen LogP contribution in [0.2, 0.25) is 0 Å². The zero-order valence-electron chi connectivity index (χ0n) is 22.8. The van der Waals surface area contributed by atoms with Crippen molar-refractivity contribution in [1.29, 1.82) is 0 Å². The fourth-order valence-corrected chi connectivity index (χ4v) is 5.94. The van der Waals surface area contributed by atoms with Gasteiger partial charge in [-0.2, -0.15) is 0 Å². The van der Waals surface area contributed by atoms with Crippen LogP contribution in [-0.2, 0) is 26.2 Å². The Balaban J connectivity index is 2.04. The third-order valence-corrected chi connectivity index (χ3v) is 8.85. The summed E-state index contributed by atoms with van der Waals surface area (Å²) < 4.78 is 29.4. The number of sulfonamides is 1. The maximum atomic E-state index is 14.0. The minimum Gasteiger partial charge on any atom is -0.352 e. The molecule has 3 aromatic rings. The number of hydrogen-bond donors (Lipinski definition) is 1. The van der Waals surface area contributed by atoms with Gasteiger partial charge in [-0.15, -0.1) is 0 Å². The highest BCUT2D eigenvalue weighted by molar-refractivity contribution is 9.10. The third-order valence-electron chi connectivity index (χ3n) is 6.57.